The summed E-state index contributed by atoms with van der Waals surface area (Å²) in [5.74, 6) is -0.356. The smallest absolute Gasteiger partial charge is 0.260 e. The van der Waals surface area contributed by atoms with Gasteiger partial charge in [-0.3, -0.25) is 19.2 Å². The molecule has 4 amide bonds. The maximum Gasteiger partial charge on any atom is 0.260 e. The number of anilines is 2. The summed E-state index contributed by atoms with van der Waals surface area (Å²) in [6.45, 7) is 2.91. The van der Waals surface area contributed by atoms with Crippen LogP contribution >= 0.6 is 0 Å². The molecule has 0 saturated carbocycles. The Hall–Kier alpha value is -6.24. The minimum Gasteiger partial charge on any atom is -0.481 e. The average molecular weight is 733 g/mol. The number of rotatable bonds is 12. The molecular formula is C41H44N6O7. The number of pyridine rings is 2. The SMILES string of the molecule is CCc1ccc(C(=O)N2CCC[C@H]2C(=O)Nc2ccc(/C=C/c3ccc(NC(=O)[C@@H]4CCCN4C(=O)c4ccc(OC)nc4OC)cc3)cc2)c(OC)n1. The van der Waals surface area contributed by atoms with Crippen LogP contribution < -0.4 is 24.8 Å². The number of likely N-dealkylation sites (tertiary alicyclic amines) is 2. The zero-order chi connectivity index (χ0) is 38.2. The highest BCUT2D eigenvalue weighted by Gasteiger charge is 2.37. The third kappa shape index (κ3) is 8.35. The maximum absolute atomic E-state index is 13.4. The van der Waals surface area contributed by atoms with Crippen molar-refractivity contribution in [3.63, 3.8) is 0 Å². The Labute approximate surface area is 314 Å². The number of aryl methyl sites for hydroxylation is 1. The van der Waals surface area contributed by atoms with Crippen LogP contribution in [0.25, 0.3) is 12.2 Å². The molecular weight excluding hydrogens is 688 g/mol. The first-order chi connectivity index (χ1) is 26.2. The molecule has 0 unspecified atom stereocenters. The number of amides is 4. The Morgan fingerprint density at radius 3 is 1.56 bits per heavy atom. The van der Waals surface area contributed by atoms with E-state index in [-0.39, 0.29) is 41.0 Å². The number of ether oxygens (including phenoxy) is 3. The van der Waals surface area contributed by atoms with E-state index in [0.29, 0.717) is 55.2 Å². The first-order valence-electron chi connectivity index (χ1n) is 18.0. The lowest BCUT2D eigenvalue weighted by Crippen LogP contribution is -2.43. The van der Waals surface area contributed by atoms with Gasteiger partial charge in [-0.05, 0) is 85.7 Å². The fourth-order valence-corrected chi connectivity index (χ4v) is 6.72. The molecule has 13 heteroatoms. The van der Waals surface area contributed by atoms with E-state index >= 15 is 0 Å². The normalized spacial score (nSPS) is 16.7. The number of nitrogens with one attached hydrogen (secondary N) is 2. The van der Waals surface area contributed by atoms with Gasteiger partial charge in [-0.2, -0.15) is 4.98 Å². The number of carbonyl (C=O) groups excluding carboxylic acids is 4. The van der Waals surface area contributed by atoms with Crippen LogP contribution in [0.2, 0.25) is 0 Å². The van der Waals surface area contributed by atoms with Gasteiger partial charge in [0.05, 0.1) is 21.3 Å². The second kappa shape index (κ2) is 17.1. The van der Waals surface area contributed by atoms with E-state index in [2.05, 4.69) is 20.6 Å². The molecule has 280 valence electrons. The zero-order valence-electron chi connectivity index (χ0n) is 30.8. The van der Waals surface area contributed by atoms with Crippen molar-refractivity contribution < 1.29 is 33.4 Å². The first-order valence-corrected chi connectivity index (χ1v) is 18.0. The molecule has 2 atom stereocenters. The van der Waals surface area contributed by atoms with Crippen molar-refractivity contribution in [3.05, 3.63) is 101 Å². The van der Waals surface area contributed by atoms with Gasteiger partial charge in [0.15, 0.2) is 0 Å². The van der Waals surface area contributed by atoms with Crippen molar-refractivity contribution >= 4 is 47.2 Å². The van der Waals surface area contributed by atoms with Crippen molar-refractivity contribution in [2.75, 3.05) is 45.1 Å². The van der Waals surface area contributed by atoms with Crippen LogP contribution in [0, 0.1) is 0 Å². The van der Waals surface area contributed by atoms with E-state index in [0.717, 1.165) is 29.7 Å². The summed E-state index contributed by atoms with van der Waals surface area (Å²) in [6, 6.07) is 20.4. The van der Waals surface area contributed by atoms with Gasteiger partial charge in [-0.1, -0.05) is 43.3 Å². The predicted molar refractivity (Wildman–Crippen MR) is 205 cm³/mol. The lowest BCUT2D eigenvalue weighted by molar-refractivity contribution is -0.120. The summed E-state index contributed by atoms with van der Waals surface area (Å²) >= 11 is 0. The van der Waals surface area contributed by atoms with Crippen LogP contribution in [0.3, 0.4) is 0 Å². The molecule has 2 fully saturated rings. The minimum absolute atomic E-state index is 0.145. The largest absolute Gasteiger partial charge is 0.481 e. The second-order valence-corrected chi connectivity index (χ2v) is 13.0. The predicted octanol–water partition coefficient (Wildman–Crippen LogP) is 5.72. The monoisotopic (exact) mass is 732 g/mol. The van der Waals surface area contributed by atoms with Crippen LogP contribution in [0.5, 0.6) is 17.6 Å². The molecule has 0 radical (unpaired) electrons. The third-order valence-corrected chi connectivity index (χ3v) is 9.63. The Morgan fingerprint density at radius 2 is 1.11 bits per heavy atom. The third-order valence-electron chi connectivity index (χ3n) is 9.63. The molecule has 0 bridgehead atoms. The highest BCUT2D eigenvalue weighted by molar-refractivity contribution is 6.03. The van der Waals surface area contributed by atoms with Gasteiger partial charge < -0.3 is 34.6 Å². The van der Waals surface area contributed by atoms with E-state index in [1.54, 1.807) is 28.0 Å². The Balaban J connectivity index is 1.02. The number of benzene rings is 2. The quantitative estimate of drug-likeness (QED) is 0.174. The van der Waals surface area contributed by atoms with Crippen LogP contribution in [-0.4, -0.2) is 89.9 Å². The molecule has 2 N–H and O–H groups in total. The van der Waals surface area contributed by atoms with E-state index in [1.807, 2.05) is 73.7 Å². The van der Waals surface area contributed by atoms with Crippen LogP contribution in [0.15, 0.2) is 72.8 Å². The number of hydrogen-bond donors (Lipinski definition) is 2. The van der Waals surface area contributed by atoms with Crippen molar-refractivity contribution in [1.29, 1.82) is 0 Å². The molecule has 6 rings (SSSR count). The molecule has 4 heterocycles. The zero-order valence-corrected chi connectivity index (χ0v) is 30.8. The fourth-order valence-electron chi connectivity index (χ4n) is 6.72. The van der Waals surface area contributed by atoms with Gasteiger partial charge in [0.1, 0.15) is 23.2 Å². The molecule has 2 aliphatic heterocycles. The van der Waals surface area contributed by atoms with Gasteiger partial charge in [0.25, 0.3) is 11.8 Å². The number of methoxy groups -OCH3 is 3. The highest BCUT2D eigenvalue weighted by atomic mass is 16.5. The van der Waals surface area contributed by atoms with E-state index in [9.17, 15) is 19.2 Å². The number of aromatic nitrogens is 2. The van der Waals surface area contributed by atoms with Gasteiger partial charge in [-0.25, -0.2) is 4.98 Å². The van der Waals surface area contributed by atoms with Crippen molar-refractivity contribution in [1.82, 2.24) is 19.8 Å². The van der Waals surface area contributed by atoms with Gasteiger partial charge in [0.2, 0.25) is 29.5 Å². The van der Waals surface area contributed by atoms with Gasteiger partial charge in [0, 0.05) is 36.2 Å². The Bertz CT molecular complexity index is 1890. The fraction of sp³-hybridized carbons (Fsp3) is 0.317. The molecule has 54 heavy (non-hydrogen) atoms. The van der Waals surface area contributed by atoms with E-state index < -0.39 is 12.1 Å². The van der Waals surface area contributed by atoms with Crippen molar-refractivity contribution in [2.45, 2.75) is 51.1 Å². The van der Waals surface area contributed by atoms with E-state index in [1.165, 1.54) is 21.3 Å². The van der Waals surface area contributed by atoms with Crippen LogP contribution in [0.1, 0.15) is 70.1 Å². The summed E-state index contributed by atoms with van der Waals surface area (Å²) < 4.78 is 15.8. The maximum atomic E-state index is 13.4. The Kier molecular flexibility index (Phi) is 11.9. The van der Waals surface area contributed by atoms with Crippen LogP contribution in [-0.2, 0) is 16.0 Å². The van der Waals surface area contributed by atoms with Crippen molar-refractivity contribution in [3.8, 4) is 17.6 Å². The first kappa shape index (κ1) is 37.5. The highest BCUT2D eigenvalue weighted by Crippen LogP contribution is 2.28. The number of carbonyl (C=O) groups is 4. The summed E-state index contributed by atoms with van der Waals surface area (Å²) in [7, 11) is 4.41. The van der Waals surface area contributed by atoms with Crippen LogP contribution in [0.4, 0.5) is 11.4 Å². The summed E-state index contributed by atoms with van der Waals surface area (Å²) in [6.07, 6.45) is 7.17. The lowest BCUT2D eigenvalue weighted by Gasteiger charge is -2.24. The molecule has 2 aromatic carbocycles. The van der Waals surface area contributed by atoms with Gasteiger partial charge in [-0.15, -0.1) is 0 Å². The summed E-state index contributed by atoms with van der Waals surface area (Å²) in [4.78, 5) is 65.2. The van der Waals surface area contributed by atoms with Gasteiger partial charge >= 0.3 is 0 Å². The lowest BCUT2D eigenvalue weighted by atomic mass is 10.1. The molecule has 13 nitrogen and oxygen atoms in total. The number of hydrogen-bond acceptors (Lipinski definition) is 9. The molecule has 0 spiro atoms. The summed E-state index contributed by atoms with van der Waals surface area (Å²) in [5, 5.41) is 5.91. The van der Waals surface area contributed by atoms with E-state index in [4.69, 9.17) is 14.2 Å². The molecule has 2 aromatic heterocycles. The minimum atomic E-state index is -0.624. The molecule has 2 saturated heterocycles. The molecule has 4 aromatic rings. The number of nitrogens with zero attached hydrogens (tertiary/aromatic N) is 4. The summed E-state index contributed by atoms with van der Waals surface area (Å²) in [5.41, 5.74) is 4.53. The standard InChI is InChI=1S/C41H44N6O7/c1-5-28-20-21-31(38(44-28)53-3)40(50)46-24-6-8-33(46)36(48)42-29-16-12-26(13-17-29)10-11-27-14-18-30(19-15-27)43-37(49)34-9-7-25-47(34)41(51)32-22-23-35(52-2)45-39(32)54-4/h10-23,33-34H,5-9,24-25H2,1-4H3,(H,42,48)(H,43,49)/b11-10+/t33-,34-/m0/s1. The Morgan fingerprint density at radius 1 is 0.648 bits per heavy atom. The molecule has 0 aliphatic carbocycles. The van der Waals surface area contributed by atoms with Crippen molar-refractivity contribution in [2.24, 2.45) is 0 Å². The topological polar surface area (TPSA) is 152 Å². The second-order valence-electron chi connectivity index (χ2n) is 13.0. The average Bonchev–Trinajstić information content (AvgIpc) is 3.91. The molecule has 2 aliphatic rings.